The average molecular weight is 197 g/mol. The quantitative estimate of drug-likeness (QED) is 0.678. The fourth-order valence-electron chi connectivity index (χ4n) is 2.03. The van der Waals surface area contributed by atoms with E-state index in [0.29, 0.717) is 11.8 Å². The highest BCUT2D eigenvalue weighted by atomic mass is 16.4. The zero-order valence-electron chi connectivity index (χ0n) is 8.70. The number of carboxylic acids is 1. The number of hydrogen-bond donors (Lipinski definition) is 2. The van der Waals surface area contributed by atoms with E-state index >= 15 is 0 Å². The molecule has 0 bridgehead atoms. The van der Waals surface area contributed by atoms with Crippen molar-refractivity contribution in [2.24, 2.45) is 17.8 Å². The third-order valence-corrected chi connectivity index (χ3v) is 3.45. The van der Waals surface area contributed by atoms with Gasteiger partial charge < -0.3 is 10.4 Å². The van der Waals surface area contributed by atoms with Gasteiger partial charge in [0, 0.05) is 0 Å². The Morgan fingerprint density at radius 2 is 1.93 bits per heavy atom. The van der Waals surface area contributed by atoms with Gasteiger partial charge in [-0.25, -0.2) is 0 Å². The van der Waals surface area contributed by atoms with Gasteiger partial charge in [0.15, 0.2) is 0 Å². The maximum Gasteiger partial charge on any atom is 0.320 e. The summed E-state index contributed by atoms with van der Waals surface area (Å²) >= 11 is 0. The molecule has 14 heavy (non-hydrogen) atoms. The van der Waals surface area contributed by atoms with E-state index in [4.69, 9.17) is 5.11 Å². The molecule has 2 unspecified atom stereocenters. The van der Waals surface area contributed by atoms with Crippen molar-refractivity contribution in [2.75, 3.05) is 6.54 Å². The lowest BCUT2D eigenvalue weighted by atomic mass is 10.1. The molecule has 80 valence electrons. The predicted octanol–water partition coefficient (Wildman–Crippen LogP) is 1.49. The summed E-state index contributed by atoms with van der Waals surface area (Å²) in [6.45, 7) is 3.09. The molecule has 0 aliphatic heterocycles. The lowest BCUT2D eigenvalue weighted by molar-refractivity contribution is -0.140. The van der Waals surface area contributed by atoms with Gasteiger partial charge in [0.2, 0.25) is 0 Å². The summed E-state index contributed by atoms with van der Waals surface area (Å²) in [4.78, 5) is 10.9. The lowest BCUT2D eigenvalue weighted by Crippen LogP contribution is -2.41. The Morgan fingerprint density at radius 3 is 2.36 bits per heavy atom. The molecule has 0 amide bonds. The highest BCUT2D eigenvalue weighted by Crippen LogP contribution is 2.37. The first-order valence-electron chi connectivity index (χ1n) is 5.64. The standard InChI is InChI=1S/C11H19NO2/c1-7(8-2-3-8)6-12-10(11(13)14)9-4-5-9/h7-10,12H,2-6H2,1H3,(H,13,14). The van der Waals surface area contributed by atoms with Crippen molar-refractivity contribution in [3.63, 3.8) is 0 Å². The van der Waals surface area contributed by atoms with Crippen LogP contribution >= 0.6 is 0 Å². The highest BCUT2D eigenvalue weighted by molar-refractivity contribution is 5.74. The Labute approximate surface area is 84.9 Å². The van der Waals surface area contributed by atoms with E-state index in [1.54, 1.807) is 0 Å². The Morgan fingerprint density at radius 1 is 1.36 bits per heavy atom. The average Bonchev–Trinajstić information content (AvgIpc) is 2.99. The normalized spacial score (nSPS) is 25.8. The molecule has 0 aromatic heterocycles. The van der Waals surface area contributed by atoms with Crippen LogP contribution in [0.4, 0.5) is 0 Å². The van der Waals surface area contributed by atoms with E-state index < -0.39 is 5.97 Å². The fourth-order valence-corrected chi connectivity index (χ4v) is 2.03. The van der Waals surface area contributed by atoms with Crippen LogP contribution in [0.15, 0.2) is 0 Å². The Hall–Kier alpha value is -0.570. The monoisotopic (exact) mass is 197 g/mol. The van der Waals surface area contributed by atoms with Gasteiger partial charge in [0.05, 0.1) is 0 Å². The summed E-state index contributed by atoms with van der Waals surface area (Å²) in [5.41, 5.74) is 0. The van der Waals surface area contributed by atoms with Crippen molar-refractivity contribution in [1.82, 2.24) is 5.32 Å². The van der Waals surface area contributed by atoms with Gasteiger partial charge in [0.1, 0.15) is 6.04 Å². The molecule has 0 aromatic rings. The van der Waals surface area contributed by atoms with Crippen LogP contribution in [-0.4, -0.2) is 23.7 Å². The van der Waals surface area contributed by atoms with Gasteiger partial charge in [-0.1, -0.05) is 6.92 Å². The lowest BCUT2D eigenvalue weighted by Gasteiger charge is -2.17. The van der Waals surface area contributed by atoms with Gasteiger partial charge in [0.25, 0.3) is 0 Å². The van der Waals surface area contributed by atoms with E-state index in [0.717, 1.165) is 25.3 Å². The molecule has 0 saturated heterocycles. The second-order valence-electron chi connectivity index (χ2n) is 4.88. The third-order valence-electron chi connectivity index (χ3n) is 3.45. The van der Waals surface area contributed by atoms with Crippen molar-refractivity contribution < 1.29 is 9.90 Å². The molecule has 0 spiro atoms. The molecule has 2 fully saturated rings. The van der Waals surface area contributed by atoms with Gasteiger partial charge in [-0.3, -0.25) is 4.79 Å². The number of carboxylic acid groups (broad SMARTS) is 1. The van der Waals surface area contributed by atoms with Crippen molar-refractivity contribution in [3.8, 4) is 0 Å². The molecule has 3 nitrogen and oxygen atoms in total. The summed E-state index contributed by atoms with van der Waals surface area (Å²) in [6.07, 6.45) is 4.84. The molecule has 2 aliphatic rings. The first-order valence-corrected chi connectivity index (χ1v) is 5.64. The fraction of sp³-hybridized carbons (Fsp3) is 0.909. The van der Waals surface area contributed by atoms with Crippen LogP contribution in [0.25, 0.3) is 0 Å². The first-order chi connectivity index (χ1) is 6.68. The minimum absolute atomic E-state index is 0.281. The van der Waals surface area contributed by atoms with Crippen molar-refractivity contribution in [1.29, 1.82) is 0 Å². The van der Waals surface area contributed by atoms with Gasteiger partial charge >= 0.3 is 5.97 Å². The zero-order chi connectivity index (χ0) is 10.1. The van der Waals surface area contributed by atoms with Gasteiger partial charge in [-0.15, -0.1) is 0 Å². The molecule has 2 aliphatic carbocycles. The number of carbonyl (C=O) groups is 1. The van der Waals surface area contributed by atoms with E-state index in [1.807, 2.05) is 0 Å². The van der Waals surface area contributed by atoms with Crippen LogP contribution < -0.4 is 5.32 Å². The third kappa shape index (κ3) is 2.47. The molecule has 0 aromatic carbocycles. The molecule has 2 saturated carbocycles. The molecule has 2 rings (SSSR count). The number of hydrogen-bond acceptors (Lipinski definition) is 2. The van der Waals surface area contributed by atoms with Gasteiger partial charge in [-0.2, -0.15) is 0 Å². The second kappa shape index (κ2) is 3.89. The maximum atomic E-state index is 10.9. The maximum absolute atomic E-state index is 10.9. The predicted molar refractivity (Wildman–Crippen MR) is 54.0 cm³/mol. The van der Waals surface area contributed by atoms with E-state index in [2.05, 4.69) is 12.2 Å². The molecular weight excluding hydrogens is 178 g/mol. The molecule has 3 heteroatoms. The zero-order valence-corrected chi connectivity index (χ0v) is 8.70. The van der Waals surface area contributed by atoms with Crippen LogP contribution in [0, 0.1) is 17.8 Å². The first kappa shape index (κ1) is 9.97. The highest BCUT2D eigenvalue weighted by Gasteiger charge is 2.37. The summed E-state index contributed by atoms with van der Waals surface area (Å²) in [7, 11) is 0. The number of rotatable bonds is 6. The van der Waals surface area contributed by atoms with Crippen molar-refractivity contribution in [2.45, 2.75) is 38.6 Å². The van der Waals surface area contributed by atoms with E-state index in [1.165, 1.54) is 12.8 Å². The second-order valence-corrected chi connectivity index (χ2v) is 4.88. The van der Waals surface area contributed by atoms with Crippen LogP contribution in [0.3, 0.4) is 0 Å². The van der Waals surface area contributed by atoms with E-state index in [-0.39, 0.29) is 6.04 Å². The molecule has 0 radical (unpaired) electrons. The molecule has 2 N–H and O–H groups in total. The van der Waals surface area contributed by atoms with Gasteiger partial charge in [-0.05, 0) is 50.0 Å². The summed E-state index contributed by atoms with van der Waals surface area (Å²) in [5, 5.41) is 12.2. The Balaban J connectivity index is 1.73. The summed E-state index contributed by atoms with van der Waals surface area (Å²) in [5.74, 6) is 1.24. The number of nitrogens with one attached hydrogen (secondary N) is 1. The Bertz CT molecular complexity index is 221. The Kier molecular flexibility index (Phi) is 2.77. The van der Waals surface area contributed by atoms with Crippen molar-refractivity contribution >= 4 is 5.97 Å². The summed E-state index contributed by atoms with van der Waals surface area (Å²) in [6, 6.07) is -0.281. The van der Waals surface area contributed by atoms with Crippen LogP contribution in [0.1, 0.15) is 32.6 Å². The van der Waals surface area contributed by atoms with Crippen LogP contribution in [-0.2, 0) is 4.79 Å². The smallest absolute Gasteiger partial charge is 0.320 e. The topological polar surface area (TPSA) is 49.3 Å². The largest absolute Gasteiger partial charge is 0.480 e. The minimum Gasteiger partial charge on any atom is -0.480 e. The van der Waals surface area contributed by atoms with Crippen LogP contribution in [0.5, 0.6) is 0 Å². The molecule has 2 atom stereocenters. The number of aliphatic carboxylic acids is 1. The van der Waals surface area contributed by atoms with E-state index in [9.17, 15) is 4.79 Å². The summed E-state index contributed by atoms with van der Waals surface area (Å²) < 4.78 is 0. The SMILES string of the molecule is CC(CNC(C(=O)O)C1CC1)C1CC1. The van der Waals surface area contributed by atoms with Crippen LogP contribution in [0.2, 0.25) is 0 Å². The minimum atomic E-state index is -0.671. The molecular formula is C11H19NO2. The van der Waals surface area contributed by atoms with Crippen molar-refractivity contribution in [3.05, 3.63) is 0 Å². The molecule has 0 heterocycles.